The molecule has 0 spiro atoms. The minimum atomic E-state index is 0.286. The Bertz CT molecular complexity index is 312. The molecule has 0 aromatic carbocycles. The van der Waals surface area contributed by atoms with Gasteiger partial charge in [-0.2, -0.15) is 0 Å². The van der Waals surface area contributed by atoms with Gasteiger partial charge in [0, 0.05) is 19.1 Å². The van der Waals surface area contributed by atoms with Gasteiger partial charge in [0.2, 0.25) is 0 Å². The van der Waals surface area contributed by atoms with E-state index in [0.29, 0.717) is 6.10 Å². The Morgan fingerprint density at radius 2 is 1.90 bits per heavy atom. The summed E-state index contributed by atoms with van der Waals surface area (Å²) in [7, 11) is 0. The highest BCUT2D eigenvalue weighted by Gasteiger charge is 2.36. The molecule has 0 unspecified atom stereocenters. The van der Waals surface area contributed by atoms with Crippen molar-refractivity contribution in [3.8, 4) is 0 Å². The molecule has 4 nitrogen and oxygen atoms in total. The number of likely N-dealkylation sites (tertiary alicyclic amines) is 1. The van der Waals surface area contributed by atoms with E-state index in [4.69, 9.17) is 9.47 Å². The van der Waals surface area contributed by atoms with E-state index in [1.54, 1.807) is 0 Å². The summed E-state index contributed by atoms with van der Waals surface area (Å²) in [5.74, 6) is 0.929. The number of morpholine rings is 1. The lowest BCUT2D eigenvalue weighted by Crippen LogP contribution is -2.51. The zero-order valence-electron chi connectivity index (χ0n) is 13.8. The molecule has 2 aliphatic heterocycles. The van der Waals surface area contributed by atoms with Crippen LogP contribution in [0.4, 0.5) is 0 Å². The Kier molecular flexibility index (Phi) is 5.54. The molecule has 0 bridgehead atoms. The molecule has 2 saturated heterocycles. The van der Waals surface area contributed by atoms with E-state index in [-0.39, 0.29) is 6.10 Å². The van der Waals surface area contributed by atoms with E-state index in [9.17, 15) is 0 Å². The molecule has 0 aromatic rings. The van der Waals surface area contributed by atoms with E-state index in [1.165, 1.54) is 38.8 Å². The first-order valence-corrected chi connectivity index (χ1v) is 8.94. The third-order valence-corrected chi connectivity index (χ3v) is 5.59. The maximum Gasteiger partial charge on any atom is 0.0935 e. The lowest BCUT2D eigenvalue weighted by atomic mass is 9.85. The van der Waals surface area contributed by atoms with Crippen molar-refractivity contribution in [1.29, 1.82) is 0 Å². The molecule has 3 aliphatic rings. The van der Waals surface area contributed by atoms with E-state index in [0.717, 1.165) is 44.8 Å². The first-order valence-electron chi connectivity index (χ1n) is 8.94. The zero-order chi connectivity index (χ0) is 14.7. The van der Waals surface area contributed by atoms with Crippen LogP contribution in [-0.2, 0) is 9.47 Å². The van der Waals surface area contributed by atoms with Gasteiger partial charge in [-0.05, 0) is 51.2 Å². The SMILES string of the molecule is CCN1CCO[C@@H](COC2CC(N3CCC(C)CC3)C2)C1. The van der Waals surface area contributed by atoms with Crippen molar-refractivity contribution in [3.63, 3.8) is 0 Å². The molecule has 0 amide bonds. The van der Waals surface area contributed by atoms with Gasteiger partial charge in [0.1, 0.15) is 0 Å². The lowest BCUT2D eigenvalue weighted by Gasteiger charge is -2.45. The number of nitrogens with zero attached hydrogens (tertiary/aromatic N) is 2. The van der Waals surface area contributed by atoms with Crippen molar-refractivity contribution < 1.29 is 9.47 Å². The molecule has 1 saturated carbocycles. The number of likely N-dealkylation sites (N-methyl/N-ethyl adjacent to an activating group) is 1. The zero-order valence-corrected chi connectivity index (χ0v) is 13.8. The summed E-state index contributed by atoms with van der Waals surface area (Å²) >= 11 is 0. The molecule has 4 heteroatoms. The fourth-order valence-corrected chi connectivity index (χ4v) is 3.78. The van der Waals surface area contributed by atoms with Crippen molar-refractivity contribution in [2.45, 2.75) is 57.8 Å². The number of rotatable bonds is 5. The first-order chi connectivity index (χ1) is 10.2. The van der Waals surface area contributed by atoms with Gasteiger partial charge in [-0.1, -0.05) is 13.8 Å². The van der Waals surface area contributed by atoms with Gasteiger partial charge in [-0.3, -0.25) is 4.90 Å². The summed E-state index contributed by atoms with van der Waals surface area (Å²) < 4.78 is 11.9. The molecule has 1 aliphatic carbocycles. The molecular weight excluding hydrogens is 264 g/mol. The average molecular weight is 296 g/mol. The van der Waals surface area contributed by atoms with E-state index in [1.807, 2.05) is 0 Å². The predicted molar refractivity (Wildman–Crippen MR) is 84.6 cm³/mol. The first kappa shape index (κ1) is 15.7. The summed E-state index contributed by atoms with van der Waals surface area (Å²) in [6, 6.07) is 0.793. The van der Waals surface area contributed by atoms with Crippen molar-refractivity contribution in [3.05, 3.63) is 0 Å². The second kappa shape index (κ2) is 7.40. The van der Waals surface area contributed by atoms with Crippen LogP contribution in [0.1, 0.15) is 39.5 Å². The van der Waals surface area contributed by atoms with Crippen LogP contribution >= 0.6 is 0 Å². The topological polar surface area (TPSA) is 24.9 Å². The molecule has 0 radical (unpaired) electrons. The monoisotopic (exact) mass is 296 g/mol. The Morgan fingerprint density at radius 3 is 2.62 bits per heavy atom. The standard InChI is InChI=1S/C17H32N2O2/c1-3-18-8-9-20-17(12-18)13-21-16-10-15(11-16)19-6-4-14(2)5-7-19/h14-17H,3-13H2,1-2H3/t15?,16?,17-/m1/s1. The quantitative estimate of drug-likeness (QED) is 0.774. The van der Waals surface area contributed by atoms with Crippen molar-refractivity contribution in [1.82, 2.24) is 9.80 Å². The van der Waals surface area contributed by atoms with Crippen LogP contribution in [0.15, 0.2) is 0 Å². The van der Waals surface area contributed by atoms with Crippen LogP contribution in [-0.4, -0.2) is 74.0 Å². The Balaban J connectivity index is 1.30. The summed E-state index contributed by atoms with van der Waals surface area (Å²) in [6.45, 7) is 12.1. The third-order valence-electron chi connectivity index (χ3n) is 5.59. The van der Waals surface area contributed by atoms with Crippen LogP contribution in [0, 0.1) is 5.92 Å². The summed E-state index contributed by atoms with van der Waals surface area (Å²) in [5, 5.41) is 0. The fraction of sp³-hybridized carbons (Fsp3) is 1.00. The smallest absolute Gasteiger partial charge is 0.0935 e. The second-order valence-corrected chi connectivity index (χ2v) is 7.19. The normalized spacial score (nSPS) is 36.6. The number of hydrogen-bond acceptors (Lipinski definition) is 4. The molecule has 0 N–H and O–H groups in total. The van der Waals surface area contributed by atoms with Crippen LogP contribution in [0.25, 0.3) is 0 Å². The van der Waals surface area contributed by atoms with Gasteiger partial charge in [0.05, 0.1) is 25.4 Å². The van der Waals surface area contributed by atoms with Crippen LogP contribution in [0.2, 0.25) is 0 Å². The Hall–Kier alpha value is -0.160. The highest BCUT2D eigenvalue weighted by atomic mass is 16.5. The van der Waals surface area contributed by atoms with E-state index in [2.05, 4.69) is 23.6 Å². The van der Waals surface area contributed by atoms with Gasteiger partial charge in [0.25, 0.3) is 0 Å². The van der Waals surface area contributed by atoms with Gasteiger partial charge in [-0.25, -0.2) is 0 Å². The van der Waals surface area contributed by atoms with Crippen LogP contribution in [0.3, 0.4) is 0 Å². The maximum absolute atomic E-state index is 6.07. The minimum Gasteiger partial charge on any atom is -0.375 e. The Labute approximate surface area is 129 Å². The molecule has 122 valence electrons. The molecule has 1 atom stereocenters. The Morgan fingerprint density at radius 1 is 1.14 bits per heavy atom. The molecule has 3 rings (SSSR count). The molecular formula is C17H32N2O2. The molecule has 21 heavy (non-hydrogen) atoms. The third kappa shape index (κ3) is 4.19. The largest absolute Gasteiger partial charge is 0.375 e. The minimum absolute atomic E-state index is 0.286. The molecule has 3 fully saturated rings. The average Bonchev–Trinajstić information content (AvgIpc) is 2.47. The molecule has 2 heterocycles. The predicted octanol–water partition coefficient (Wildman–Crippen LogP) is 1.99. The van der Waals surface area contributed by atoms with E-state index < -0.39 is 0 Å². The number of hydrogen-bond donors (Lipinski definition) is 0. The van der Waals surface area contributed by atoms with Gasteiger partial charge < -0.3 is 14.4 Å². The summed E-state index contributed by atoms with van der Waals surface area (Å²) in [5.41, 5.74) is 0. The van der Waals surface area contributed by atoms with Gasteiger partial charge >= 0.3 is 0 Å². The number of piperidine rings is 1. The van der Waals surface area contributed by atoms with E-state index >= 15 is 0 Å². The lowest BCUT2D eigenvalue weighted by molar-refractivity contribution is -0.114. The van der Waals surface area contributed by atoms with Gasteiger partial charge in [0.15, 0.2) is 0 Å². The van der Waals surface area contributed by atoms with Crippen LogP contribution < -0.4 is 0 Å². The fourth-order valence-electron chi connectivity index (χ4n) is 3.78. The van der Waals surface area contributed by atoms with Gasteiger partial charge in [-0.15, -0.1) is 0 Å². The highest BCUT2D eigenvalue weighted by Crippen LogP contribution is 2.31. The van der Waals surface area contributed by atoms with Crippen molar-refractivity contribution in [2.24, 2.45) is 5.92 Å². The highest BCUT2D eigenvalue weighted by molar-refractivity contribution is 4.90. The summed E-state index contributed by atoms with van der Waals surface area (Å²) in [4.78, 5) is 5.14. The summed E-state index contributed by atoms with van der Waals surface area (Å²) in [6.07, 6.45) is 6.00. The van der Waals surface area contributed by atoms with Crippen LogP contribution in [0.5, 0.6) is 0 Å². The molecule has 0 aromatic heterocycles. The van der Waals surface area contributed by atoms with Crippen molar-refractivity contribution >= 4 is 0 Å². The number of ether oxygens (including phenoxy) is 2. The van der Waals surface area contributed by atoms with Crippen molar-refractivity contribution in [2.75, 3.05) is 45.9 Å². The maximum atomic E-state index is 6.07. The second-order valence-electron chi connectivity index (χ2n) is 7.19.